The highest BCUT2D eigenvalue weighted by atomic mass is 35.5. The Kier molecular flexibility index (Phi) is 6.20. The Morgan fingerprint density at radius 3 is 2.90 bits per heavy atom. The number of likely N-dealkylation sites (tertiary alicyclic amines) is 1. The molecule has 30 heavy (non-hydrogen) atoms. The predicted octanol–water partition coefficient (Wildman–Crippen LogP) is 4.28. The lowest BCUT2D eigenvalue weighted by molar-refractivity contribution is 0.301. The average molecular weight is 427 g/mol. The fourth-order valence-electron chi connectivity index (χ4n) is 3.98. The zero-order valence-electron chi connectivity index (χ0n) is 17.3. The Balaban J connectivity index is 1.58. The quantitative estimate of drug-likeness (QED) is 0.587. The first-order valence-corrected chi connectivity index (χ1v) is 10.8. The molecule has 1 aliphatic rings. The van der Waals surface area contributed by atoms with Gasteiger partial charge in [0.25, 0.3) is 0 Å². The maximum Gasteiger partial charge on any atom is 0.223 e. The van der Waals surface area contributed by atoms with Crippen molar-refractivity contribution >= 4 is 17.5 Å². The number of nitrogens with zero attached hydrogens (tertiary/aromatic N) is 5. The molecule has 2 aromatic heterocycles. The Morgan fingerprint density at radius 1 is 1.30 bits per heavy atom. The summed E-state index contributed by atoms with van der Waals surface area (Å²) in [7, 11) is 2.19. The van der Waals surface area contributed by atoms with Crippen molar-refractivity contribution in [1.29, 1.82) is 0 Å². The van der Waals surface area contributed by atoms with Crippen LogP contribution in [0.3, 0.4) is 0 Å². The van der Waals surface area contributed by atoms with Crippen molar-refractivity contribution in [2.24, 2.45) is 0 Å². The fraction of sp³-hybridized carbons (Fsp3) is 0.409. The molecule has 0 amide bonds. The molecule has 3 heterocycles. The average Bonchev–Trinajstić information content (AvgIpc) is 3.34. The van der Waals surface area contributed by atoms with Gasteiger partial charge in [0.1, 0.15) is 11.4 Å². The lowest BCUT2D eigenvalue weighted by atomic mass is 10.1. The van der Waals surface area contributed by atoms with Gasteiger partial charge in [-0.3, -0.25) is 4.68 Å². The Labute approximate surface area is 181 Å². The number of hydrogen-bond acceptors (Lipinski definition) is 6. The van der Waals surface area contributed by atoms with E-state index < -0.39 is 0 Å². The molecule has 0 bridgehead atoms. The van der Waals surface area contributed by atoms with Gasteiger partial charge in [0.15, 0.2) is 0 Å². The summed E-state index contributed by atoms with van der Waals surface area (Å²) in [4.78, 5) is 11.5. The summed E-state index contributed by atoms with van der Waals surface area (Å²) in [6, 6.07) is 7.48. The molecular weight excluding hydrogens is 400 g/mol. The summed E-state index contributed by atoms with van der Waals surface area (Å²) in [6.45, 7) is 4.77. The van der Waals surface area contributed by atoms with Crippen LogP contribution < -0.4 is 5.32 Å². The minimum Gasteiger partial charge on any atom is -0.508 e. The van der Waals surface area contributed by atoms with E-state index in [-0.39, 0.29) is 5.75 Å². The van der Waals surface area contributed by atoms with Gasteiger partial charge in [0, 0.05) is 47.7 Å². The van der Waals surface area contributed by atoms with Crippen LogP contribution >= 0.6 is 11.6 Å². The van der Waals surface area contributed by atoms with E-state index in [1.54, 1.807) is 18.3 Å². The summed E-state index contributed by atoms with van der Waals surface area (Å²) in [5.41, 5.74) is 3.13. The summed E-state index contributed by atoms with van der Waals surface area (Å²) in [5.74, 6) is 0.716. The molecular formula is C22H27ClN6O. The number of nitrogens with one attached hydrogen (secondary N) is 1. The monoisotopic (exact) mass is 426 g/mol. The van der Waals surface area contributed by atoms with Crippen molar-refractivity contribution in [1.82, 2.24) is 24.6 Å². The van der Waals surface area contributed by atoms with Gasteiger partial charge in [-0.2, -0.15) is 5.10 Å². The van der Waals surface area contributed by atoms with E-state index in [2.05, 4.69) is 27.3 Å². The van der Waals surface area contributed by atoms with Gasteiger partial charge in [-0.1, -0.05) is 11.6 Å². The molecule has 1 fully saturated rings. The van der Waals surface area contributed by atoms with E-state index in [9.17, 15) is 5.11 Å². The SMILES string of the molecule is CCn1cc(-c2ccnc(NCCC3CCCN3C)n2)c(-c2cc(O)cc(Cl)c2)n1. The van der Waals surface area contributed by atoms with Crippen molar-refractivity contribution in [3.8, 4) is 28.3 Å². The van der Waals surface area contributed by atoms with Gasteiger partial charge in [-0.15, -0.1) is 0 Å². The first-order chi connectivity index (χ1) is 14.5. The molecule has 0 saturated carbocycles. The molecule has 4 rings (SSSR count). The molecule has 158 valence electrons. The van der Waals surface area contributed by atoms with Crippen LogP contribution in [0.25, 0.3) is 22.5 Å². The van der Waals surface area contributed by atoms with Crippen molar-refractivity contribution in [2.75, 3.05) is 25.5 Å². The molecule has 1 aromatic carbocycles. The van der Waals surface area contributed by atoms with E-state index >= 15 is 0 Å². The number of halogens is 1. The third-order valence-corrected chi connectivity index (χ3v) is 5.82. The zero-order chi connectivity index (χ0) is 21.1. The number of rotatable bonds is 7. The molecule has 7 nitrogen and oxygen atoms in total. The summed E-state index contributed by atoms with van der Waals surface area (Å²) in [5, 5.41) is 18.5. The number of aromatic nitrogens is 4. The molecule has 0 radical (unpaired) electrons. The zero-order valence-corrected chi connectivity index (χ0v) is 18.1. The summed E-state index contributed by atoms with van der Waals surface area (Å²) >= 11 is 6.15. The molecule has 1 unspecified atom stereocenters. The number of phenols is 1. The maximum atomic E-state index is 9.97. The van der Waals surface area contributed by atoms with Crippen LogP contribution in [0, 0.1) is 0 Å². The van der Waals surface area contributed by atoms with E-state index in [1.165, 1.54) is 25.5 Å². The van der Waals surface area contributed by atoms with Crippen LogP contribution in [0.1, 0.15) is 26.2 Å². The van der Waals surface area contributed by atoms with Gasteiger partial charge >= 0.3 is 0 Å². The Morgan fingerprint density at radius 2 is 2.17 bits per heavy atom. The minimum absolute atomic E-state index is 0.108. The van der Waals surface area contributed by atoms with Crippen molar-refractivity contribution in [3.63, 3.8) is 0 Å². The van der Waals surface area contributed by atoms with Gasteiger partial charge in [0.2, 0.25) is 5.95 Å². The van der Waals surface area contributed by atoms with Gasteiger partial charge in [0.05, 0.1) is 5.69 Å². The van der Waals surface area contributed by atoms with E-state index in [4.69, 9.17) is 16.6 Å². The molecule has 0 aliphatic carbocycles. The van der Waals surface area contributed by atoms with Crippen LogP contribution in [-0.4, -0.2) is 55.9 Å². The van der Waals surface area contributed by atoms with Crippen molar-refractivity contribution in [2.45, 2.75) is 38.8 Å². The van der Waals surface area contributed by atoms with Crippen molar-refractivity contribution in [3.05, 3.63) is 41.7 Å². The third-order valence-electron chi connectivity index (χ3n) is 5.61. The van der Waals surface area contributed by atoms with Gasteiger partial charge in [-0.05, 0) is 64.0 Å². The molecule has 1 aliphatic heterocycles. The summed E-state index contributed by atoms with van der Waals surface area (Å²) in [6.07, 6.45) is 7.33. The number of anilines is 1. The number of aromatic hydroxyl groups is 1. The smallest absolute Gasteiger partial charge is 0.223 e. The first-order valence-electron chi connectivity index (χ1n) is 10.4. The molecule has 1 saturated heterocycles. The second-order valence-electron chi connectivity index (χ2n) is 7.70. The lowest BCUT2D eigenvalue weighted by Crippen LogP contribution is -2.27. The van der Waals surface area contributed by atoms with Crippen LogP contribution in [-0.2, 0) is 6.54 Å². The fourth-order valence-corrected chi connectivity index (χ4v) is 4.21. The second kappa shape index (κ2) is 9.02. The van der Waals surface area contributed by atoms with E-state index in [0.29, 0.717) is 17.0 Å². The summed E-state index contributed by atoms with van der Waals surface area (Å²) < 4.78 is 1.85. The highest BCUT2D eigenvalue weighted by molar-refractivity contribution is 6.31. The molecule has 2 N–H and O–H groups in total. The molecule has 8 heteroatoms. The van der Waals surface area contributed by atoms with Crippen LogP contribution in [0.5, 0.6) is 5.75 Å². The minimum atomic E-state index is 0.108. The largest absolute Gasteiger partial charge is 0.508 e. The van der Waals surface area contributed by atoms with Crippen LogP contribution in [0.4, 0.5) is 5.95 Å². The molecule has 3 aromatic rings. The maximum absolute atomic E-state index is 9.97. The Bertz CT molecular complexity index is 1000. The molecule has 1 atom stereocenters. The van der Waals surface area contributed by atoms with E-state index in [0.717, 1.165) is 42.0 Å². The highest BCUT2D eigenvalue weighted by Crippen LogP contribution is 2.34. The molecule has 0 spiro atoms. The first kappa shape index (κ1) is 20.6. The van der Waals surface area contributed by atoms with Crippen LogP contribution in [0.15, 0.2) is 36.7 Å². The number of phenolic OH excluding ortho intramolecular Hbond substituents is 1. The second-order valence-corrected chi connectivity index (χ2v) is 8.14. The third kappa shape index (κ3) is 4.57. The predicted molar refractivity (Wildman–Crippen MR) is 120 cm³/mol. The lowest BCUT2D eigenvalue weighted by Gasteiger charge is -2.19. The standard InChI is InChI=1S/C22H27ClN6O/c1-3-29-14-19(21(27-29)15-11-16(23)13-18(30)12-15)20-7-9-25-22(26-20)24-8-6-17-5-4-10-28(17)2/h7,9,11-14,17,30H,3-6,8,10H2,1-2H3,(H,24,25,26). The normalized spacial score (nSPS) is 16.8. The Hall–Kier alpha value is -2.64. The van der Waals surface area contributed by atoms with Gasteiger partial charge in [-0.25, -0.2) is 9.97 Å². The number of hydrogen-bond donors (Lipinski definition) is 2. The topological polar surface area (TPSA) is 79.1 Å². The van der Waals surface area contributed by atoms with E-state index in [1.807, 2.05) is 23.9 Å². The van der Waals surface area contributed by atoms with Crippen LogP contribution in [0.2, 0.25) is 5.02 Å². The van der Waals surface area contributed by atoms with Gasteiger partial charge < -0.3 is 15.3 Å². The number of aryl methyl sites for hydroxylation is 1. The highest BCUT2D eigenvalue weighted by Gasteiger charge is 2.20. The van der Waals surface area contributed by atoms with Crippen molar-refractivity contribution < 1.29 is 5.11 Å². The number of benzene rings is 1.